The van der Waals surface area contributed by atoms with Gasteiger partial charge in [-0.15, -0.1) is 0 Å². The van der Waals surface area contributed by atoms with E-state index in [4.69, 9.17) is 23.2 Å². The molecule has 0 heterocycles. The summed E-state index contributed by atoms with van der Waals surface area (Å²) in [5, 5.41) is -0.151. The molecule has 0 fully saturated rings. The van der Waals surface area contributed by atoms with Crippen molar-refractivity contribution in [2.45, 2.75) is 4.90 Å². The van der Waals surface area contributed by atoms with Crippen LogP contribution >= 0.6 is 39.1 Å². The summed E-state index contributed by atoms with van der Waals surface area (Å²) in [6.45, 7) is 0. The minimum atomic E-state index is -4.00. The van der Waals surface area contributed by atoms with Crippen molar-refractivity contribution in [3.63, 3.8) is 0 Å². The van der Waals surface area contributed by atoms with Gasteiger partial charge in [-0.2, -0.15) is 0 Å². The first-order chi connectivity index (χ1) is 9.31. The molecule has 106 valence electrons. The van der Waals surface area contributed by atoms with Gasteiger partial charge in [-0.05, 0) is 30.3 Å². The third-order valence-corrected chi connectivity index (χ3v) is 5.01. The number of anilines is 1. The summed E-state index contributed by atoms with van der Waals surface area (Å²) in [6.07, 6.45) is 0. The average molecular weight is 399 g/mol. The van der Waals surface area contributed by atoms with Gasteiger partial charge in [-0.1, -0.05) is 45.2 Å². The lowest BCUT2D eigenvalue weighted by Gasteiger charge is -2.11. The zero-order valence-corrected chi connectivity index (χ0v) is 13.6. The number of rotatable bonds is 3. The van der Waals surface area contributed by atoms with Crippen molar-refractivity contribution in [2.75, 3.05) is 4.72 Å². The predicted molar refractivity (Wildman–Crippen MR) is 81.4 cm³/mol. The summed E-state index contributed by atoms with van der Waals surface area (Å²) in [6, 6.07) is 8.30. The summed E-state index contributed by atoms with van der Waals surface area (Å²) in [4.78, 5) is -0.151. The second-order valence-corrected chi connectivity index (χ2v) is 7.16. The van der Waals surface area contributed by atoms with Crippen LogP contribution in [-0.4, -0.2) is 8.42 Å². The van der Waals surface area contributed by atoms with Gasteiger partial charge in [0.1, 0.15) is 4.90 Å². The first kappa shape index (κ1) is 15.6. The van der Waals surface area contributed by atoms with E-state index >= 15 is 0 Å². The van der Waals surface area contributed by atoms with Gasteiger partial charge in [0, 0.05) is 4.47 Å². The average Bonchev–Trinajstić information content (AvgIpc) is 2.34. The zero-order chi connectivity index (χ0) is 14.9. The van der Waals surface area contributed by atoms with Crippen LogP contribution in [0, 0.1) is 5.82 Å². The highest BCUT2D eigenvalue weighted by molar-refractivity contribution is 9.10. The van der Waals surface area contributed by atoms with Crippen LogP contribution in [0.25, 0.3) is 0 Å². The van der Waals surface area contributed by atoms with E-state index in [1.54, 1.807) is 0 Å². The summed E-state index contributed by atoms with van der Waals surface area (Å²) in [5.41, 5.74) is -0.239. The molecule has 0 aliphatic carbocycles. The van der Waals surface area contributed by atoms with E-state index < -0.39 is 15.8 Å². The van der Waals surface area contributed by atoms with Crippen LogP contribution in [0.4, 0.5) is 10.1 Å². The van der Waals surface area contributed by atoms with E-state index in [2.05, 4.69) is 20.7 Å². The molecule has 2 aromatic rings. The van der Waals surface area contributed by atoms with Crippen molar-refractivity contribution in [3.05, 3.63) is 56.7 Å². The number of sulfonamides is 1. The first-order valence-corrected chi connectivity index (χ1v) is 8.26. The molecule has 0 radical (unpaired) electrons. The quantitative estimate of drug-likeness (QED) is 0.814. The Morgan fingerprint density at radius 3 is 2.45 bits per heavy atom. The fourth-order valence-corrected chi connectivity index (χ4v) is 3.75. The highest BCUT2D eigenvalue weighted by Gasteiger charge is 2.20. The van der Waals surface area contributed by atoms with Gasteiger partial charge in [0.2, 0.25) is 0 Å². The molecular formula is C12H7BrCl2FNO2S. The fraction of sp³-hybridized carbons (Fsp3) is 0. The number of halogens is 4. The molecular weight excluding hydrogens is 392 g/mol. The van der Waals surface area contributed by atoms with E-state index in [9.17, 15) is 12.8 Å². The van der Waals surface area contributed by atoms with Crippen LogP contribution < -0.4 is 4.72 Å². The van der Waals surface area contributed by atoms with Crippen LogP contribution in [0.1, 0.15) is 0 Å². The number of nitrogens with one attached hydrogen (secondary N) is 1. The topological polar surface area (TPSA) is 46.2 Å². The van der Waals surface area contributed by atoms with Crippen molar-refractivity contribution < 1.29 is 12.8 Å². The molecule has 0 bridgehead atoms. The summed E-state index contributed by atoms with van der Waals surface area (Å²) in [5.74, 6) is -0.842. The molecule has 8 heteroatoms. The molecule has 2 rings (SSSR count). The fourth-order valence-electron chi connectivity index (χ4n) is 1.48. The normalized spacial score (nSPS) is 11.4. The standard InChI is InChI=1S/C12H7BrCl2FNO2S/c13-7-4-5-11(9(15)6-7)20(18,19)17-10-3-1-2-8(14)12(10)16/h1-6,17H. The highest BCUT2D eigenvalue weighted by Crippen LogP contribution is 2.29. The second-order valence-electron chi connectivity index (χ2n) is 3.78. The minimum absolute atomic E-state index is 0.0225. The van der Waals surface area contributed by atoms with Gasteiger partial charge in [-0.25, -0.2) is 12.8 Å². The summed E-state index contributed by atoms with van der Waals surface area (Å²) in [7, 11) is -4.00. The lowest BCUT2D eigenvalue weighted by atomic mass is 10.3. The zero-order valence-electron chi connectivity index (χ0n) is 9.70. The maximum Gasteiger partial charge on any atom is 0.263 e. The molecule has 1 N–H and O–H groups in total. The molecule has 20 heavy (non-hydrogen) atoms. The van der Waals surface area contributed by atoms with E-state index in [0.717, 1.165) is 0 Å². The molecule has 0 unspecified atom stereocenters. The Morgan fingerprint density at radius 1 is 1.10 bits per heavy atom. The monoisotopic (exact) mass is 397 g/mol. The molecule has 0 aliphatic rings. The van der Waals surface area contributed by atoms with Gasteiger partial charge in [0.25, 0.3) is 10.0 Å². The van der Waals surface area contributed by atoms with Crippen LogP contribution in [0.2, 0.25) is 10.0 Å². The Balaban J connectivity index is 2.44. The Labute approximate surface area is 133 Å². The van der Waals surface area contributed by atoms with E-state index in [0.29, 0.717) is 4.47 Å². The number of hydrogen-bond acceptors (Lipinski definition) is 2. The molecule has 2 aromatic carbocycles. The van der Waals surface area contributed by atoms with Crippen molar-refractivity contribution in [3.8, 4) is 0 Å². The van der Waals surface area contributed by atoms with E-state index in [1.165, 1.54) is 36.4 Å². The highest BCUT2D eigenvalue weighted by atomic mass is 79.9. The van der Waals surface area contributed by atoms with Crippen LogP contribution in [0.15, 0.2) is 45.8 Å². The Kier molecular flexibility index (Phi) is 4.59. The molecule has 0 saturated heterocycles. The van der Waals surface area contributed by atoms with Crippen molar-refractivity contribution >= 4 is 54.8 Å². The lowest BCUT2D eigenvalue weighted by Crippen LogP contribution is -2.14. The second kappa shape index (κ2) is 5.89. The molecule has 0 spiro atoms. The molecule has 0 aromatic heterocycles. The van der Waals surface area contributed by atoms with Crippen molar-refractivity contribution in [1.82, 2.24) is 0 Å². The smallest absolute Gasteiger partial charge is 0.263 e. The van der Waals surface area contributed by atoms with Gasteiger partial charge >= 0.3 is 0 Å². The molecule has 0 aliphatic heterocycles. The minimum Gasteiger partial charge on any atom is -0.277 e. The third-order valence-electron chi connectivity index (χ3n) is 2.38. The maximum atomic E-state index is 13.7. The SMILES string of the molecule is O=S(=O)(Nc1cccc(Cl)c1F)c1ccc(Br)cc1Cl. The molecule has 0 amide bonds. The Bertz CT molecular complexity index is 768. The Hall–Kier alpha value is -0.820. The predicted octanol–water partition coefficient (Wildman–Crippen LogP) is 4.70. The molecule has 3 nitrogen and oxygen atoms in total. The lowest BCUT2D eigenvalue weighted by molar-refractivity contribution is 0.598. The van der Waals surface area contributed by atoms with Crippen LogP contribution in [-0.2, 0) is 10.0 Å². The number of hydrogen-bond donors (Lipinski definition) is 1. The van der Waals surface area contributed by atoms with Crippen molar-refractivity contribution in [1.29, 1.82) is 0 Å². The van der Waals surface area contributed by atoms with Crippen LogP contribution in [0.3, 0.4) is 0 Å². The first-order valence-electron chi connectivity index (χ1n) is 5.23. The van der Waals surface area contributed by atoms with E-state index in [-0.39, 0.29) is 20.6 Å². The van der Waals surface area contributed by atoms with Crippen molar-refractivity contribution in [2.24, 2.45) is 0 Å². The summed E-state index contributed by atoms with van der Waals surface area (Å²) < 4.78 is 40.8. The van der Waals surface area contributed by atoms with Gasteiger partial charge in [0.15, 0.2) is 5.82 Å². The summed E-state index contributed by atoms with van der Waals surface area (Å²) >= 11 is 14.7. The number of benzene rings is 2. The maximum absolute atomic E-state index is 13.7. The largest absolute Gasteiger partial charge is 0.277 e. The third kappa shape index (κ3) is 3.25. The van der Waals surface area contributed by atoms with Gasteiger partial charge in [-0.3, -0.25) is 4.72 Å². The van der Waals surface area contributed by atoms with Gasteiger partial charge < -0.3 is 0 Å². The Morgan fingerprint density at radius 2 is 1.80 bits per heavy atom. The van der Waals surface area contributed by atoms with E-state index in [1.807, 2.05) is 0 Å². The van der Waals surface area contributed by atoms with Crippen LogP contribution in [0.5, 0.6) is 0 Å². The molecule has 0 atom stereocenters. The molecule has 0 saturated carbocycles. The van der Waals surface area contributed by atoms with Gasteiger partial charge in [0.05, 0.1) is 15.7 Å².